The van der Waals surface area contributed by atoms with Gasteiger partial charge in [-0.2, -0.15) is 0 Å². The first kappa shape index (κ1) is 22.2. The molecule has 3 aromatic carbocycles. The summed E-state index contributed by atoms with van der Waals surface area (Å²) in [5.74, 6) is 0.962. The largest absolute Gasteiger partial charge is 0.494 e. The zero-order valence-corrected chi connectivity index (χ0v) is 20.6. The Morgan fingerprint density at radius 3 is 2.18 bits per heavy atom. The molecule has 0 aliphatic carbocycles. The number of ether oxygens (including phenoxy) is 1. The normalized spacial score (nSPS) is 20.9. The second-order valence-corrected chi connectivity index (χ2v) is 10.5. The maximum atomic E-state index is 6.49. The molecule has 3 aromatic rings. The lowest BCUT2D eigenvalue weighted by Gasteiger charge is -2.32. The number of rotatable bonds is 3. The van der Waals surface area contributed by atoms with Gasteiger partial charge in [0.2, 0.25) is 0 Å². The van der Waals surface area contributed by atoms with Gasteiger partial charge in [0.25, 0.3) is 0 Å². The van der Waals surface area contributed by atoms with E-state index in [0.29, 0.717) is 0 Å². The van der Waals surface area contributed by atoms with Crippen LogP contribution >= 0.6 is 0 Å². The minimum atomic E-state index is -0.341. The van der Waals surface area contributed by atoms with Crippen molar-refractivity contribution in [3.05, 3.63) is 82.9 Å². The summed E-state index contributed by atoms with van der Waals surface area (Å²) in [6.07, 6.45) is 1.99. The molecule has 4 heteroatoms. The maximum absolute atomic E-state index is 6.49. The van der Waals surface area contributed by atoms with Crippen LogP contribution in [0.25, 0.3) is 11.1 Å². The second kappa shape index (κ2) is 8.04. The molecule has 2 aliphatic rings. The molecule has 0 bridgehead atoms. The molecule has 3 nitrogen and oxygen atoms in total. The van der Waals surface area contributed by atoms with Gasteiger partial charge in [-0.05, 0) is 105 Å². The zero-order valence-electron chi connectivity index (χ0n) is 20.6. The standard InChI is InChI=1S/C29H33BO3/c1-19-9-7-10-20(2)27(19)23-12-8-11-21(17-23)25-15-13-22-18-24(14-16-26(22)31-25)30-32-28(3,4)29(5,6)33-30/h7-12,14,16-18,25H,13,15H2,1-6H3. The third-order valence-corrected chi connectivity index (χ3v) is 7.58. The topological polar surface area (TPSA) is 27.7 Å². The Kier molecular flexibility index (Phi) is 5.42. The highest BCUT2D eigenvalue weighted by Crippen LogP contribution is 2.39. The molecule has 0 N–H and O–H groups in total. The van der Waals surface area contributed by atoms with E-state index < -0.39 is 0 Å². The predicted molar refractivity (Wildman–Crippen MR) is 135 cm³/mol. The van der Waals surface area contributed by atoms with E-state index in [-0.39, 0.29) is 24.4 Å². The monoisotopic (exact) mass is 440 g/mol. The predicted octanol–water partition coefficient (Wildman–Crippen LogP) is 6.34. The smallest absolute Gasteiger partial charge is 0.485 e. The summed E-state index contributed by atoms with van der Waals surface area (Å²) in [6, 6.07) is 21.7. The number of benzene rings is 3. The van der Waals surface area contributed by atoms with Crippen molar-refractivity contribution in [2.45, 2.75) is 71.7 Å². The molecule has 33 heavy (non-hydrogen) atoms. The van der Waals surface area contributed by atoms with Crippen molar-refractivity contribution in [2.24, 2.45) is 0 Å². The molecule has 1 fully saturated rings. The van der Waals surface area contributed by atoms with Crippen molar-refractivity contribution >= 4 is 12.6 Å². The molecular weight excluding hydrogens is 407 g/mol. The SMILES string of the molecule is Cc1cccc(C)c1-c1cccc(C2CCc3cc(B4OC(C)(C)C(C)(C)O4)ccc3O2)c1. The number of aryl methyl sites for hydroxylation is 3. The molecule has 1 saturated heterocycles. The highest BCUT2D eigenvalue weighted by Gasteiger charge is 2.51. The minimum absolute atomic E-state index is 0.0597. The molecule has 0 saturated carbocycles. The number of fused-ring (bicyclic) bond motifs is 1. The van der Waals surface area contributed by atoms with Crippen LogP contribution in [0.3, 0.4) is 0 Å². The molecule has 0 radical (unpaired) electrons. The summed E-state index contributed by atoms with van der Waals surface area (Å²) >= 11 is 0. The summed E-state index contributed by atoms with van der Waals surface area (Å²) in [4.78, 5) is 0. The van der Waals surface area contributed by atoms with E-state index in [1.54, 1.807) is 0 Å². The maximum Gasteiger partial charge on any atom is 0.494 e. The van der Waals surface area contributed by atoms with E-state index in [9.17, 15) is 0 Å². The fraction of sp³-hybridized carbons (Fsp3) is 0.379. The van der Waals surface area contributed by atoms with Crippen molar-refractivity contribution in [2.75, 3.05) is 0 Å². The molecular formula is C29H33BO3. The quantitative estimate of drug-likeness (QED) is 0.445. The van der Waals surface area contributed by atoms with Crippen molar-refractivity contribution in [3.8, 4) is 16.9 Å². The van der Waals surface area contributed by atoms with Crippen LogP contribution in [-0.4, -0.2) is 18.3 Å². The lowest BCUT2D eigenvalue weighted by molar-refractivity contribution is 0.00578. The van der Waals surface area contributed by atoms with Crippen molar-refractivity contribution in [1.29, 1.82) is 0 Å². The summed E-state index contributed by atoms with van der Waals surface area (Å²) in [5, 5.41) is 0. The zero-order chi connectivity index (χ0) is 23.4. The Morgan fingerprint density at radius 1 is 0.818 bits per heavy atom. The van der Waals surface area contributed by atoms with Crippen LogP contribution in [0, 0.1) is 13.8 Å². The van der Waals surface area contributed by atoms with Crippen LogP contribution in [0.1, 0.15) is 62.5 Å². The van der Waals surface area contributed by atoms with Gasteiger partial charge in [0.1, 0.15) is 11.9 Å². The average Bonchev–Trinajstić information content (AvgIpc) is 3.00. The fourth-order valence-corrected chi connectivity index (χ4v) is 4.93. The van der Waals surface area contributed by atoms with E-state index in [0.717, 1.165) is 24.1 Å². The van der Waals surface area contributed by atoms with Gasteiger partial charge in [0.05, 0.1) is 11.2 Å². The first-order valence-electron chi connectivity index (χ1n) is 12.0. The van der Waals surface area contributed by atoms with Crippen LogP contribution in [0.2, 0.25) is 0 Å². The number of hydrogen-bond donors (Lipinski definition) is 0. The summed E-state index contributed by atoms with van der Waals surface area (Å²) in [7, 11) is -0.341. The molecule has 1 unspecified atom stereocenters. The average molecular weight is 440 g/mol. The number of hydrogen-bond acceptors (Lipinski definition) is 3. The van der Waals surface area contributed by atoms with Gasteiger partial charge < -0.3 is 14.0 Å². The van der Waals surface area contributed by atoms with Crippen LogP contribution < -0.4 is 10.2 Å². The Hall–Kier alpha value is -2.56. The second-order valence-electron chi connectivity index (χ2n) is 10.5. The highest BCUT2D eigenvalue weighted by atomic mass is 16.7. The molecule has 170 valence electrons. The third-order valence-electron chi connectivity index (χ3n) is 7.58. The van der Waals surface area contributed by atoms with Gasteiger partial charge in [-0.3, -0.25) is 0 Å². The van der Waals surface area contributed by atoms with Gasteiger partial charge in [0, 0.05) is 0 Å². The van der Waals surface area contributed by atoms with Crippen molar-refractivity contribution in [3.63, 3.8) is 0 Å². The molecule has 0 spiro atoms. The highest BCUT2D eigenvalue weighted by molar-refractivity contribution is 6.62. The summed E-state index contributed by atoms with van der Waals surface area (Å²) in [6.45, 7) is 12.7. The first-order chi connectivity index (χ1) is 15.6. The summed E-state index contributed by atoms with van der Waals surface area (Å²) in [5.41, 5.74) is 8.03. The van der Waals surface area contributed by atoms with Crippen LogP contribution in [0.4, 0.5) is 0 Å². The first-order valence-corrected chi connectivity index (χ1v) is 12.0. The Bertz CT molecular complexity index is 1160. The molecule has 0 amide bonds. The van der Waals surface area contributed by atoms with Gasteiger partial charge in [-0.25, -0.2) is 0 Å². The van der Waals surface area contributed by atoms with E-state index in [1.165, 1.54) is 33.4 Å². The van der Waals surface area contributed by atoms with Crippen molar-refractivity contribution in [1.82, 2.24) is 0 Å². The van der Waals surface area contributed by atoms with Crippen molar-refractivity contribution < 1.29 is 14.0 Å². The van der Waals surface area contributed by atoms with E-state index in [2.05, 4.69) is 102 Å². The van der Waals surface area contributed by atoms with E-state index >= 15 is 0 Å². The van der Waals surface area contributed by atoms with Crippen LogP contribution in [0.5, 0.6) is 5.75 Å². The molecule has 2 aliphatic heterocycles. The van der Waals surface area contributed by atoms with Gasteiger partial charge in [-0.1, -0.05) is 48.5 Å². The third kappa shape index (κ3) is 4.00. The van der Waals surface area contributed by atoms with E-state index in [4.69, 9.17) is 14.0 Å². The molecule has 2 heterocycles. The molecule has 0 aromatic heterocycles. The molecule has 5 rings (SSSR count). The van der Waals surface area contributed by atoms with Crippen LogP contribution in [0.15, 0.2) is 60.7 Å². The Morgan fingerprint density at radius 2 is 1.48 bits per heavy atom. The van der Waals surface area contributed by atoms with Crippen LogP contribution in [-0.2, 0) is 15.7 Å². The summed E-state index contributed by atoms with van der Waals surface area (Å²) < 4.78 is 19.0. The Labute approximate surface area is 198 Å². The lowest BCUT2D eigenvalue weighted by Crippen LogP contribution is -2.41. The van der Waals surface area contributed by atoms with E-state index in [1.807, 2.05) is 0 Å². The van der Waals surface area contributed by atoms with Gasteiger partial charge >= 0.3 is 7.12 Å². The Balaban J connectivity index is 1.38. The lowest BCUT2D eigenvalue weighted by atomic mass is 9.77. The fourth-order valence-electron chi connectivity index (χ4n) is 4.93. The van der Waals surface area contributed by atoms with Gasteiger partial charge in [-0.15, -0.1) is 0 Å². The van der Waals surface area contributed by atoms with Gasteiger partial charge in [0.15, 0.2) is 0 Å². The minimum Gasteiger partial charge on any atom is -0.485 e. The molecule has 1 atom stereocenters.